The first kappa shape index (κ1) is 25.2. The lowest BCUT2D eigenvalue weighted by Crippen LogP contribution is -2.37. The number of nitrogens with zero attached hydrogens (tertiary/aromatic N) is 3. The summed E-state index contributed by atoms with van der Waals surface area (Å²) in [6.45, 7) is 12.3. The van der Waals surface area contributed by atoms with Crippen molar-refractivity contribution in [2.24, 2.45) is 10.7 Å². The SMILES string of the molecule is C=C(Nc1ncccc1C)N(CCCCC)C1=NC(c2cccc(C(C)(C)F)c2)=CCC=C1N. The number of aromatic nitrogens is 1. The van der Waals surface area contributed by atoms with Gasteiger partial charge in [0.1, 0.15) is 17.3 Å². The van der Waals surface area contributed by atoms with Crippen molar-refractivity contribution in [2.75, 3.05) is 11.9 Å². The highest BCUT2D eigenvalue weighted by atomic mass is 19.1. The Bertz CT molecular complexity index is 1110. The van der Waals surface area contributed by atoms with Gasteiger partial charge in [0.15, 0.2) is 5.84 Å². The van der Waals surface area contributed by atoms with E-state index in [2.05, 4.69) is 23.8 Å². The second kappa shape index (κ2) is 11.1. The zero-order valence-electron chi connectivity index (χ0n) is 20.7. The minimum Gasteiger partial charge on any atom is -0.396 e. The van der Waals surface area contributed by atoms with Crippen LogP contribution in [0.15, 0.2) is 77.8 Å². The maximum atomic E-state index is 14.6. The van der Waals surface area contributed by atoms with Crippen LogP contribution in [0.4, 0.5) is 10.2 Å². The van der Waals surface area contributed by atoms with E-state index in [9.17, 15) is 4.39 Å². The van der Waals surface area contributed by atoms with Crippen molar-refractivity contribution in [3.8, 4) is 0 Å². The van der Waals surface area contributed by atoms with Crippen LogP contribution in [0, 0.1) is 6.92 Å². The van der Waals surface area contributed by atoms with E-state index in [0.29, 0.717) is 35.9 Å². The van der Waals surface area contributed by atoms with Gasteiger partial charge in [0, 0.05) is 18.3 Å². The average Bonchev–Trinajstić information content (AvgIpc) is 2.99. The first-order valence-corrected chi connectivity index (χ1v) is 11.9. The lowest BCUT2D eigenvalue weighted by molar-refractivity contribution is 0.221. The molecule has 3 N–H and O–H groups in total. The quantitative estimate of drug-likeness (QED) is 0.410. The highest BCUT2D eigenvalue weighted by molar-refractivity contribution is 6.02. The van der Waals surface area contributed by atoms with E-state index in [1.165, 1.54) is 0 Å². The molecule has 0 bridgehead atoms. The summed E-state index contributed by atoms with van der Waals surface area (Å²) in [6, 6.07) is 11.4. The van der Waals surface area contributed by atoms with Gasteiger partial charge in [0.05, 0.1) is 11.4 Å². The Hall–Kier alpha value is -3.41. The molecule has 180 valence electrons. The molecule has 0 radical (unpaired) electrons. The van der Waals surface area contributed by atoms with Crippen LogP contribution in [0.1, 0.15) is 63.1 Å². The fourth-order valence-electron chi connectivity index (χ4n) is 3.77. The monoisotopic (exact) mass is 461 g/mol. The summed E-state index contributed by atoms with van der Waals surface area (Å²) < 4.78 is 14.6. The molecular weight excluding hydrogens is 425 g/mol. The van der Waals surface area contributed by atoms with Gasteiger partial charge in [-0.3, -0.25) is 0 Å². The molecule has 0 fully saturated rings. The summed E-state index contributed by atoms with van der Waals surface area (Å²) >= 11 is 0. The van der Waals surface area contributed by atoms with E-state index in [4.69, 9.17) is 10.7 Å². The van der Waals surface area contributed by atoms with Crippen molar-refractivity contribution >= 4 is 17.4 Å². The number of alkyl halides is 1. The number of aryl methyl sites for hydroxylation is 1. The highest BCUT2D eigenvalue weighted by Crippen LogP contribution is 2.29. The Morgan fingerprint density at radius 2 is 2.00 bits per heavy atom. The molecule has 1 aliphatic rings. The number of unbranched alkanes of at least 4 members (excludes halogenated alkanes) is 2. The zero-order chi connectivity index (χ0) is 24.7. The molecule has 2 aromatic rings. The first-order chi connectivity index (χ1) is 16.2. The van der Waals surface area contributed by atoms with Crippen molar-refractivity contribution in [3.05, 3.63) is 89.5 Å². The molecule has 0 unspecified atom stereocenters. The Balaban J connectivity index is 1.98. The lowest BCUT2D eigenvalue weighted by Gasteiger charge is -2.29. The van der Waals surface area contributed by atoms with Gasteiger partial charge in [-0.25, -0.2) is 14.4 Å². The van der Waals surface area contributed by atoms with Crippen molar-refractivity contribution < 1.29 is 4.39 Å². The summed E-state index contributed by atoms with van der Waals surface area (Å²) in [4.78, 5) is 11.5. The van der Waals surface area contributed by atoms with Crippen LogP contribution in [0.3, 0.4) is 0 Å². The van der Waals surface area contributed by atoms with Crippen LogP contribution in [0.2, 0.25) is 0 Å². The molecule has 0 saturated carbocycles. The second-order valence-electron chi connectivity index (χ2n) is 9.07. The molecule has 0 saturated heterocycles. The maximum absolute atomic E-state index is 14.6. The number of aliphatic imine (C=N–C) groups is 1. The third-order valence-corrected chi connectivity index (χ3v) is 5.82. The fourth-order valence-corrected chi connectivity index (χ4v) is 3.77. The molecule has 0 spiro atoms. The smallest absolute Gasteiger partial charge is 0.157 e. The van der Waals surface area contributed by atoms with Crippen molar-refractivity contribution in [1.82, 2.24) is 9.88 Å². The summed E-state index contributed by atoms with van der Waals surface area (Å²) in [5, 5.41) is 3.35. The van der Waals surface area contributed by atoms with Gasteiger partial charge in [-0.1, -0.05) is 62.8 Å². The van der Waals surface area contributed by atoms with Crippen molar-refractivity contribution in [1.29, 1.82) is 0 Å². The Kier molecular flexibility index (Phi) is 8.26. The standard InChI is InChI=1S/C28H36FN5/c1-6-7-8-18-34(21(3)32-26-20(2)12-11-17-31-26)27-24(30)15-10-16-25(33-27)22-13-9-14-23(19-22)28(4,5)29/h9,11-17,19H,3,6-8,10,18,30H2,1-2,4-5H3,(H,31,32). The van der Waals surface area contributed by atoms with Crippen molar-refractivity contribution in [2.45, 2.75) is 59.0 Å². The van der Waals surface area contributed by atoms with E-state index in [-0.39, 0.29) is 0 Å². The van der Waals surface area contributed by atoms with E-state index in [1.807, 2.05) is 54.3 Å². The number of benzene rings is 1. The molecule has 1 aliphatic heterocycles. The molecule has 1 aromatic carbocycles. The molecule has 34 heavy (non-hydrogen) atoms. The van der Waals surface area contributed by atoms with Crippen LogP contribution in [-0.4, -0.2) is 22.3 Å². The van der Waals surface area contributed by atoms with Crippen LogP contribution in [-0.2, 0) is 5.67 Å². The number of amidine groups is 1. The first-order valence-electron chi connectivity index (χ1n) is 11.9. The number of hydrogen-bond acceptors (Lipinski definition) is 5. The second-order valence-corrected chi connectivity index (χ2v) is 9.07. The molecule has 3 rings (SSSR count). The van der Waals surface area contributed by atoms with E-state index in [0.717, 1.165) is 41.9 Å². The van der Waals surface area contributed by atoms with Gasteiger partial charge in [-0.05, 0) is 56.9 Å². The molecule has 0 amide bonds. The Morgan fingerprint density at radius 1 is 1.21 bits per heavy atom. The fraction of sp³-hybridized carbons (Fsp3) is 0.357. The maximum Gasteiger partial charge on any atom is 0.157 e. The molecule has 2 heterocycles. The molecule has 5 nitrogen and oxygen atoms in total. The Morgan fingerprint density at radius 3 is 2.71 bits per heavy atom. The largest absolute Gasteiger partial charge is 0.396 e. The minimum absolute atomic E-state index is 0.588. The van der Waals surface area contributed by atoms with Gasteiger partial charge >= 0.3 is 0 Å². The van der Waals surface area contributed by atoms with Crippen LogP contribution < -0.4 is 11.1 Å². The number of nitrogens with two attached hydrogens (primary N) is 1. The molecule has 1 aromatic heterocycles. The number of halogens is 1. The van der Waals surface area contributed by atoms with Gasteiger partial charge in [-0.15, -0.1) is 0 Å². The van der Waals surface area contributed by atoms with Crippen LogP contribution in [0.5, 0.6) is 0 Å². The molecular formula is C28H36FN5. The third kappa shape index (κ3) is 6.34. The van der Waals surface area contributed by atoms with E-state index in [1.54, 1.807) is 26.1 Å². The van der Waals surface area contributed by atoms with E-state index >= 15 is 0 Å². The highest BCUT2D eigenvalue weighted by Gasteiger charge is 2.22. The summed E-state index contributed by atoms with van der Waals surface area (Å²) in [5.74, 6) is 2.04. The molecule has 6 heteroatoms. The number of allylic oxidation sites excluding steroid dienone is 2. The number of rotatable bonds is 9. The van der Waals surface area contributed by atoms with Crippen LogP contribution >= 0.6 is 0 Å². The zero-order valence-corrected chi connectivity index (χ0v) is 20.7. The predicted octanol–water partition coefficient (Wildman–Crippen LogP) is 6.66. The third-order valence-electron chi connectivity index (χ3n) is 5.82. The van der Waals surface area contributed by atoms with Crippen LogP contribution in [0.25, 0.3) is 5.70 Å². The normalized spacial score (nSPS) is 14.0. The van der Waals surface area contributed by atoms with Gasteiger partial charge in [0.25, 0.3) is 0 Å². The number of anilines is 1. The lowest BCUT2D eigenvalue weighted by atomic mass is 9.97. The number of hydrogen-bond donors (Lipinski definition) is 2. The van der Waals surface area contributed by atoms with E-state index < -0.39 is 5.67 Å². The number of pyridine rings is 1. The Labute approximate surface area is 203 Å². The summed E-state index contributed by atoms with van der Waals surface area (Å²) in [6.07, 6.45) is 9.52. The predicted molar refractivity (Wildman–Crippen MR) is 141 cm³/mol. The van der Waals surface area contributed by atoms with Gasteiger partial charge in [0.2, 0.25) is 0 Å². The molecule has 0 atom stereocenters. The average molecular weight is 462 g/mol. The van der Waals surface area contributed by atoms with Gasteiger partial charge < -0.3 is 16.0 Å². The topological polar surface area (TPSA) is 66.5 Å². The summed E-state index contributed by atoms with van der Waals surface area (Å²) in [5.41, 5.74) is 8.91. The minimum atomic E-state index is -1.43. The number of nitrogens with one attached hydrogen (secondary N) is 1. The molecule has 0 aliphatic carbocycles. The summed E-state index contributed by atoms with van der Waals surface area (Å²) in [7, 11) is 0. The van der Waals surface area contributed by atoms with Gasteiger partial charge in [-0.2, -0.15) is 0 Å². The van der Waals surface area contributed by atoms with Crippen molar-refractivity contribution in [3.63, 3.8) is 0 Å².